The van der Waals surface area contributed by atoms with Crippen LogP contribution in [0.25, 0.3) is 0 Å². The third kappa shape index (κ3) is 3.09. The van der Waals surface area contributed by atoms with Gasteiger partial charge in [0.2, 0.25) is 5.91 Å². The molecule has 2 rings (SSSR count). The van der Waals surface area contributed by atoms with E-state index in [9.17, 15) is 4.79 Å². The second-order valence-corrected chi connectivity index (χ2v) is 5.58. The lowest BCUT2D eigenvalue weighted by atomic mass is 10.2. The Morgan fingerprint density at radius 1 is 1.37 bits per heavy atom. The molecule has 0 saturated carbocycles. The molecule has 1 amide bonds. The van der Waals surface area contributed by atoms with Gasteiger partial charge in [-0.1, -0.05) is 11.6 Å². The number of aromatic nitrogens is 2. The summed E-state index contributed by atoms with van der Waals surface area (Å²) in [5.74, 6) is 0.0595. The highest BCUT2D eigenvalue weighted by Gasteiger charge is 2.26. The molecule has 2 heterocycles. The van der Waals surface area contributed by atoms with Crippen LogP contribution in [-0.2, 0) is 16.1 Å². The molecule has 1 fully saturated rings. The molecule has 0 N–H and O–H groups in total. The van der Waals surface area contributed by atoms with Gasteiger partial charge >= 0.3 is 0 Å². The first-order valence-corrected chi connectivity index (χ1v) is 6.89. The normalized spacial score (nSPS) is 23.7. The number of nitrogens with zero attached hydrogens (tertiary/aromatic N) is 3. The minimum absolute atomic E-state index is 0.0595. The predicted octanol–water partition coefficient (Wildman–Crippen LogP) is 1.79. The Bertz CT molecular complexity index is 476. The first-order chi connectivity index (χ1) is 8.88. The Labute approximate surface area is 118 Å². The van der Waals surface area contributed by atoms with Crippen molar-refractivity contribution in [3.63, 3.8) is 0 Å². The SMILES string of the molecule is Cc1nn(CC(=O)N2CC(C)OC(C)C2)c(C)c1Cl. The summed E-state index contributed by atoms with van der Waals surface area (Å²) in [5, 5.41) is 4.92. The zero-order chi connectivity index (χ0) is 14.2. The molecular weight excluding hydrogens is 266 g/mol. The molecule has 19 heavy (non-hydrogen) atoms. The third-order valence-electron chi connectivity index (χ3n) is 3.35. The summed E-state index contributed by atoms with van der Waals surface area (Å²) < 4.78 is 7.30. The molecule has 1 aromatic rings. The van der Waals surface area contributed by atoms with Gasteiger partial charge in [-0.05, 0) is 27.7 Å². The molecule has 1 aliphatic rings. The lowest BCUT2D eigenvalue weighted by Crippen LogP contribution is -2.49. The van der Waals surface area contributed by atoms with Crippen molar-refractivity contribution >= 4 is 17.5 Å². The standard InChI is InChI=1S/C13H20ClN3O2/c1-8-5-16(6-9(2)19-8)12(18)7-17-11(4)13(14)10(3)15-17/h8-9H,5-7H2,1-4H3. The molecule has 2 atom stereocenters. The minimum atomic E-state index is 0.0595. The van der Waals surface area contributed by atoms with E-state index in [1.165, 1.54) is 0 Å². The van der Waals surface area contributed by atoms with Crippen LogP contribution in [0.15, 0.2) is 0 Å². The fourth-order valence-electron chi connectivity index (χ4n) is 2.44. The van der Waals surface area contributed by atoms with E-state index in [4.69, 9.17) is 16.3 Å². The van der Waals surface area contributed by atoms with Crippen molar-refractivity contribution in [2.45, 2.75) is 46.4 Å². The summed E-state index contributed by atoms with van der Waals surface area (Å²) >= 11 is 6.09. The van der Waals surface area contributed by atoms with E-state index >= 15 is 0 Å². The molecule has 106 valence electrons. The summed E-state index contributed by atoms with van der Waals surface area (Å²) in [6.45, 7) is 9.19. The third-order valence-corrected chi connectivity index (χ3v) is 3.90. The number of hydrogen-bond donors (Lipinski definition) is 0. The van der Waals surface area contributed by atoms with Gasteiger partial charge in [0.15, 0.2) is 0 Å². The number of amides is 1. The summed E-state index contributed by atoms with van der Waals surface area (Å²) in [5.41, 5.74) is 1.59. The van der Waals surface area contributed by atoms with Crippen LogP contribution in [0.4, 0.5) is 0 Å². The summed E-state index contributed by atoms with van der Waals surface area (Å²) in [6, 6.07) is 0. The summed E-state index contributed by atoms with van der Waals surface area (Å²) in [6.07, 6.45) is 0.161. The number of rotatable bonds is 2. The maximum absolute atomic E-state index is 12.3. The molecule has 6 heteroatoms. The van der Waals surface area contributed by atoms with Gasteiger partial charge in [-0.15, -0.1) is 0 Å². The first kappa shape index (κ1) is 14.3. The van der Waals surface area contributed by atoms with Gasteiger partial charge in [0.25, 0.3) is 0 Å². The van der Waals surface area contributed by atoms with Crippen molar-refractivity contribution in [3.8, 4) is 0 Å². The van der Waals surface area contributed by atoms with Crippen LogP contribution in [0.5, 0.6) is 0 Å². The molecule has 1 saturated heterocycles. The Balaban J connectivity index is 2.06. The van der Waals surface area contributed by atoms with E-state index < -0.39 is 0 Å². The van der Waals surface area contributed by atoms with Crippen LogP contribution in [0.3, 0.4) is 0 Å². The Morgan fingerprint density at radius 3 is 2.42 bits per heavy atom. The van der Waals surface area contributed by atoms with Crippen molar-refractivity contribution < 1.29 is 9.53 Å². The first-order valence-electron chi connectivity index (χ1n) is 6.51. The van der Waals surface area contributed by atoms with E-state index in [1.54, 1.807) is 4.68 Å². The number of carbonyl (C=O) groups is 1. The molecular formula is C13H20ClN3O2. The second-order valence-electron chi connectivity index (χ2n) is 5.20. The lowest BCUT2D eigenvalue weighted by Gasteiger charge is -2.35. The van der Waals surface area contributed by atoms with Gasteiger partial charge in [0, 0.05) is 13.1 Å². The van der Waals surface area contributed by atoms with Gasteiger partial charge in [-0.3, -0.25) is 9.48 Å². The highest BCUT2D eigenvalue weighted by atomic mass is 35.5. The van der Waals surface area contributed by atoms with Crippen molar-refractivity contribution in [1.82, 2.24) is 14.7 Å². The van der Waals surface area contributed by atoms with Crippen LogP contribution in [0, 0.1) is 13.8 Å². The lowest BCUT2D eigenvalue weighted by molar-refractivity contribution is -0.144. The minimum Gasteiger partial charge on any atom is -0.372 e. The average Bonchev–Trinajstić information content (AvgIpc) is 2.56. The van der Waals surface area contributed by atoms with Crippen molar-refractivity contribution in [2.24, 2.45) is 0 Å². The van der Waals surface area contributed by atoms with Gasteiger partial charge < -0.3 is 9.64 Å². The van der Waals surface area contributed by atoms with Gasteiger partial charge in [0.1, 0.15) is 6.54 Å². The average molecular weight is 286 g/mol. The van der Waals surface area contributed by atoms with E-state index in [0.29, 0.717) is 18.1 Å². The maximum atomic E-state index is 12.3. The molecule has 0 radical (unpaired) electrons. The molecule has 5 nitrogen and oxygen atoms in total. The van der Waals surface area contributed by atoms with E-state index in [1.807, 2.05) is 32.6 Å². The van der Waals surface area contributed by atoms with Gasteiger partial charge in [-0.25, -0.2) is 0 Å². The fraction of sp³-hybridized carbons (Fsp3) is 0.692. The smallest absolute Gasteiger partial charge is 0.244 e. The van der Waals surface area contributed by atoms with Crippen molar-refractivity contribution in [3.05, 3.63) is 16.4 Å². The number of morpholine rings is 1. The largest absolute Gasteiger partial charge is 0.372 e. The van der Waals surface area contributed by atoms with Crippen molar-refractivity contribution in [2.75, 3.05) is 13.1 Å². The predicted molar refractivity (Wildman–Crippen MR) is 73.3 cm³/mol. The topological polar surface area (TPSA) is 47.4 Å². The molecule has 0 spiro atoms. The Kier molecular flexibility index (Phi) is 4.16. The molecule has 0 aliphatic carbocycles. The van der Waals surface area contributed by atoms with Gasteiger partial charge in [-0.2, -0.15) is 5.10 Å². The molecule has 0 bridgehead atoms. The monoisotopic (exact) mass is 285 g/mol. The summed E-state index contributed by atoms with van der Waals surface area (Å²) in [7, 11) is 0. The number of carbonyl (C=O) groups excluding carboxylic acids is 1. The molecule has 1 aromatic heterocycles. The second kappa shape index (κ2) is 5.51. The molecule has 0 aromatic carbocycles. The van der Waals surface area contributed by atoms with Crippen LogP contribution in [0.2, 0.25) is 5.02 Å². The quantitative estimate of drug-likeness (QED) is 0.832. The number of halogens is 1. The van der Waals surface area contributed by atoms with Gasteiger partial charge in [0.05, 0.1) is 28.6 Å². The number of aryl methyl sites for hydroxylation is 1. The fourth-order valence-corrected chi connectivity index (χ4v) is 2.57. The molecule has 1 aliphatic heterocycles. The van der Waals surface area contributed by atoms with E-state index in [0.717, 1.165) is 11.4 Å². The maximum Gasteiger partial charge on any atom is 0.244 e. The van der Waals surface area contributed by atoms with Crippen LogP contribution in [0.1, 0.15) is 25.2 Å². The van der Waals surface area contributed by atoms with Crippen molar-refractivity contribution in [1.29, 1.82) is 0 Å². The summed E-state index contributed by atoms with van der Waals surface area (Å²) in [4.78, 5) is 14.1. The highest BCUT2D eigenvalue weighted by molar-refractivity contribution is 6.31. The van der Waals surface area contributed by atoms with Crippen LogP contribution < -0.4 is 0 Å². The van der Waals surface area contributed by atoms with E-state index in [2.05, 4.69) is 5.10 Å². The van der Waals surface area contributed by atoms with E-state index in [-0.39, 0.29) is 24.7 Å². The highest BCUT2D eigenvalue weighted by Crippen LogP contribution is 2.19. The Morgan fingerprint density at radius 2 is 1.95 bits per heavy atom. The zero-order valence-electron chi connectivity index (χ0n) is 11.8. The van der Waals surface area contributed by atoms with Crippen LogP contribution in [-0.4, -0.2) is 45.9 Å². The Hall–Kier alpha value is -1.07. The zero-order valence-corrected chi connectivity index (χ0v) is 12.6. The molecule has 2 unspecified atom stereocenters. The van der Waals surface area contributed by atoms with Crippen LogP contribution >= 0.6 is 11.6 Å². The number of hydrogen-bond acceptors (Lipinski definition) is 3. The number of ether oxygens (including phenoxy) is 1.